The van der Waals surface area contributed by atoms with Gasteiger partial charge in [-0.25, -0.2) is 0 Å². The van der Waals surface area contributed by atoms with Crippen LogP contribution in [-0.2, 0) is 0 Å². The maximum absolute atomic E-state index is 4.87. The van der Waals surface area contributed by atoms with E-state index in [1.54, 1.807) is 31.6 Å². The first-order chi connectivity index (χ1) is 7.93. The highest BCUT2D eigenvalue weighted by molar-refractivity contribution is 5.16. The molecular formula is C12H23N3O. The molecule has 0 aromatic carbocycles. The van der Waals surface area contributed by atoms with Gasteiger partial charge in [0.15, 0.2) is 0 Å². The molecule has 16 heavy (non-hydrogen) atoms. The largest absolute Gasteiger partial charge is 0.497 e. The second-order valence-corrected chi connectivity index (χ2v) is 2.89. The quantitative estimate of drug-likeness (QED) is 0.756. The number of pyridine rings is 1. The third kappa shape index (κ3) is 8.20. The molecule has 2 rings (SSSR count). The van der Waals surface area contributed by atoms with Crippen molar-refractivity contribution in [3.05, 3.63) is 24.5 Å². The van der Waals surface area contributed by atoms with Crippen LogP contribution in [0.3, 0.4) is 0 Å². The van der Waals surface area contributed by atoms with Crippen LogP contribution in [-0.4, -0.2) is 38.3 Å². The van der Waals surface area contributed by atoms with E-state index >= 15 is 0 Å². The highest BCUT2D eigenvalue weighted by Crippen LogP contribution is 2.03. The van der Waals surface area contributed by atoms with Crippen molar-refractivity contribution in [3.8, 4) is 5.75 Å². The SMILES string of the molecule is C1CNCCN1.CC.COc1ccncc1. The van der Waals surface area contributed by atoms with Gasteiger partial charge in [0.1, 0.15) is 5.75 Å². The average Bonchev–Trinajstić information content (AvgIpc) is 2.44. The molecule has 0 amide bonds. The Morgan fingerprint density at radius 3 is 1.69 bits per heavy atom. The second-order valence-electron chi connectivity index (χ2n) is 2.89. The summed E-state index contributed by atoms with van der Waals surface area (Å²) in [5.41, 5.74) is 0. The fourth-order valence-electron chi connectivity index (χ4n) is 1.08. The van der Waals surface area contributed by atoms with E-state index in [2.05, 4.69) is 15.6 Å². The van der Waals surface area contributed by atoms with Gasteiger partial charge < -0.3 is 15.4 Å². The van der Waals surface area contributed by atoms with E-state index in [9.17, 15) is 0 Å². The van der Waals surface area contributed by atoms with Crippen LogP contribution < -0.4 is 15.4 Å². The summed E-state index contributed by atoms with van der Waals surface area (Å²) in [5.74, 6) is 0.847. The molecule has 0 saturated carbocycles. The van der Waals surface area contributed by atoms with Crippen LogP contribution in [0.25, 0.3) is 0 Å². The maximum atomic E-state index is 4.87. The predicted molar refractivity (Wildman–Crippen MR) is 67.9 cm³/mol. The number of hydrogen-bond donors (Lipinski definition) is 2. The molecule has 0 radical (unpaired) electrons. The van der Waals surface area contributed by atoms with Crippen molar-refractivity contribution in [2.24, 2.45) is 0 Å². The number of hydrogen-bond acceptors (Lipinski definition) is 4. The average molecular weight is 225 g/mol. The number of nitrogens with zero attached hydrogens (tertiary/aromatic N) is 1. The van der Waals surface area contributed by atoms with Crippen LogP contribution in [0.5, 0.6) is 5.75 Å². The zero-order chi connectivity index (χ0) is 12.1. The molecule has 0 spiro atoms. The normalized spacial score (nSPS) is 13.7. The second kappa shape index (κ2) is 11.9. The fourth-order valence-corrected chi connectivity index (χ4v) is 1.08. The van der Waals surface area contributed by atoms with Gasteiger partial charge in [-0.2, -0.15) is 0 Å². The van der Waals surface area contributed by atoms with Gasteiger partial charge in [-0.05, 0) is 12.1 Å². The third-order valence-corrected chi connectivity index (χ3v) is 1.84. The molecule has 0 unspecified atom stereocenters. The first-order valence-electron chi connectivity index (χ1n) is 5.79. The molecule has 1 aliphatic rings. The molecule has 1 aromatic rings. The number of methoxy groups -OCH3 is 1. The predicted octanol–water partition coefficient (Wildman–Crippen LogP) is 1.30. The van der Waals surface area contributed by atoms with E-state index in [-0.39, 0.29) is 0 Å². The molecule has 1 aliphatic heterocycles. The molecule has 1 aromatic heterocycles. The number of nitrogens with one attached hydrogen (secondary N) is 2. The molecule has 1 saturated heterocycles. The minimum absolute atomic E-state index is 0.847. The van der Waals surface area contributed by atoms with Crippen molar-refractivity contribution < 1.29 is 4.74 Å². The van der Waals surface area contributed by atoms with Gasteiger partial charge in [-0.3, -0.25) is 4.98 Å². The lowest BCUT2D eigenvalue weighted by Gasteiger charge is -2.11. The Kier molecular flexibility index (Phi) is 11.1. The summed E-state index contributed by atoms with van der Waals surface area (Å²) in [5, 5.41) is 6.44. The van der Waals surface area contributed by atoms with Gasteiger partial charge in [0.25, 0.3) is 0 Å². The van der Waals surface area contributed by atoms with E-state index in [0.29, 0.717) is 0 Å². The third-order valence-electron chi connectivity index (χ3n) is 1.84. The Morgan fingerprint density at radius 2 is 1.44 bits per heavy atom. The molecule has 92 valence electrons. The van der Waals surface area contributed by atoms with E-state index in [1.165, 1.54) is 0 Å². The smallest absolute Gasteiger partial charge is 0.121 e. The Balaban J connectivity index is 0.000000251. The van der Waals surface area contributed by atoms with Gasteiger partial charge in [-0.15, -0.1) is 0 Å². The molecule has 2 heterocycles. The summed E-state index contributed by atoms with van der Waals surface area (Å²) in [6.45, 7) is 8.56. The minimum atomic E-state index is 0.847. The zero-order valence-corrected chi connectivity index (χ0v) is 10.5. The molecular weight excluding hydrogens is 202 g/mol. The summed E-state index contributed by atoms with van der Waals surface area (Å²) < 4.78 is 4.87. The van der Waals surface area contributed by atoms with Gasteiger partial charge in [0.05, 0.1) is 7.11 Å². The van der Waals surface area contributed by atoms with E-state index in [1.807, 2.05) is 13.8 Å². The summed E-state index contributed by atoms with van der Waals surface area (Å²) >= 11 is 0. The molecule has 4 nitrogen and oxygen atoms in total. The highest BCUT2D eigenvalue weighted by atomic mass is 16.5. The Morgan fingerprint density at radius 1 is 1.00 bits per heavy atom. The molecule has 0 aliphatic carbocycles. The monoisotopic (exact) mass is 225 g/mol. The lowest BCUT2D eigenvalue weighted by Crippen LogP contribution is -2.39. The molecule has 0 atom stereocenters. The topological polar surface area (TPSA) is 46.2 Å². The highest BCUT2D eigenvalue weighted by Gasteiger charge is 1.91. The molecule has 4 heteroatoms. The first kappa shape index (κ1) is 14.9. The van der Waals surface area contributed by atoms with Crippen molar-refractivity contribution in [2.45, 2.75) is 13.8 Å². The van der Waals surface area contributed by atoms with Crippen LogP contribution in [0.15, 0.2) is 24.5 Å². The summed E-state index contributed by atoms with van der Waals surface area (Å²) in [6, 6.07) is 3.61. The first-order valence-corrected chi connectivity index (χ1v) is 5.79. The van der Waals surface area contributed by atoms with E-state index in [0.717, 1.165) is 31.9 Å². The van der Waals surface area contributed by atoms with Crippen molar-refractivity contribution >= 4 is 0 Å². The van der Waals surface area contributed by atoms with Crippen molar-refractivity contribution in [2.75, 3.05) is 33.3 Å². The van der Waals surface area contributed by atoms with Crippen LogP contribution >= 0.6 is 0 Å². The Labute approximate surface area is 98.4 Å². The summed E-state index contributed by atoms with van der Waals surface area (Å²) in [4.78, 5) is 3.81. The zero-order valence-electron chi connectivity index (χ0n) is 10.5. The Bertz CT molecular complexity index is 213. The number of piperazine rings is 1. The Hall–Kier alpha value is -1.13. The fraction of sp³-hybridized carbons (Fsp3) is 0.583. The van der Waals surface area contributed by atoms with E-state index in [4.69, 9.17) is 4.74 Å². The number of aromatic nitrogens is 1. The summed E-state index contributed by atoms with van der Waals surface area (Å²) in [7, 11) is 1.63. The molecule has 0 bridgehead atoms. The van der Waals surface area contributed by atoms with Crippen LogP contribution in [0, 0.1) is 0 Å². The minimum Gasteiger partial charge on any atom is -0.497 e. The van der Waals surface area contributed by atoms with Gasteiger partial charge in [0, 0.05) is 38.6 Å². The van der Waals surface area contributed by atoms with Crippen molar-refractivity contribution in [3.63, 3.8) is 0 Å². The van der Waals surface area contributed by atoms with Crippen molar-refractivity contribution in [1.29, 1.82) is 0 Å². The number of ether oxygens (including phenoxy) is 1. The van der Waals surface area contributed by atoms with Gasteiger partial charge >= 0.3 is 0 Å². The van der Waals surface area contributed by atoms with Crippen LogP contribution in [0.4, 0.5) is 0 Å². The van der Waals surface area contributed by atoms with Crippen LogP contribution in [0.2, 0.25) is 0 Å². The lowest BCUT2D eigenvalue weighted by atomic mass is 10.4. The van der Waals surface area contributed by atoms with Crippen molar-refractivity contribution in [1.82, 2.24) is 15.6 Å². The van der Waals surface area contributed by atoms with Gasteiger partial charge in [-0.1, -0.05) is 13.8 Å². The number of rotatable bonds is 1. The van der Waals surface area contributed by atoms with Crippen LogP contribution in [0.1, 0.15) is 13.8 Å². The van der Waals surface area contributed by atoms with Gasteiger partial charge in [0.2, 0.25) is 0 Å². The summed E-state index contributed by atoms with van der Waals surface area (Å²) in [6.07, 6.45) is 3.39. The lowest BCUT2D eigenvalue weighted by molar-refractivity contribution is 0.414. The molecule has 1 fully saturated rings. The standard InChI is InChI=1S/C6H7NO.C4H10N2.C2H6/c1-8-6-2-4-7-5-3-6;1-2-6-4-3-5-1;1-2/h2-5H,1H3;5-6H,1-4H2;1-2H3. The van der Waals surface area contributed by atoms with E-state index < -0.39 is 0 Å². The molecule has 2 N–H and O–H groups in total. The maximum Gasteiger partial charge on any atom is 0.121 e.